The van der Waals surface area contributed by atoms with E-state index in [0.29, 0.717) is 16.7 Å². The van der Waals surface area contributed by atoms with Gasteiger partial charge >= 0.3 is 0 Å². The van der Waals surface area contributed by atoms with Crippen LogP contribution in [0.4, 0.5) is 0 Å². The first-order valence-electron chi connectivity index (χ1n) is 11.3. The first kappa shape index (κ1) is 24.3. The fraction of sp³-hybridized carbons (Fsp3) is 0.615. The molecule has 0 aliphatic heterocycles. The zero-order valence-corrected chi connectivity index (χ0v) is 18.6. The fourth-order valence-corrected chi connectivity index (χ4v) is 3.57. The van der Waals surface area contributed by atoms with Gasteiger partial charge in [-0.2, -0.15) is 0 Å². The normalized spacial score (nSPS) is 15.7. The molecule has 0 atom stereocenters. The molecule has 0 saturated carbocycles. The number of allylic oxidation sites excluding steroid dienone is 8. The van der Waals surface area contributed by atoms with E-state index < -0.39 is 0 Å². The molecule has 0 radical (unpaired) electrons. The molecule has 0 aromatic rings. The average molecular weight is 385 g/mol. The number of rotatable bonds is 14. The van der Waals surface area contributed by atoms with Gasteiger partial charge in [0.15, 0.2) is 11.6 Å². The Kier molecular flexibility index (Phi) is 12.4. The van der Waals surface area contributed by atoms with Crippen molar-refractivity contribution >= 4 is 11.6 Å². The highest BCUT2D eigenvalue weighted by molar-refractivity contribution is 6.24. The molecule has 0 fully saturated rings. The first-order chi connectivity index (χ1) is 13.5. The highest BCUT2D eigenvalue weighted by atomic mass is 16.1. The molecule has 0 aromatic heterocycles. The number of ketones is 2. The molecule has 0 unspecified atom stereocenters. The number of hydrogen-bond acceptors (Lipinski definition) is 2. The number of unbranched alkanes of at least 4 members (excludes halogenated alkanes) is 8. The summed E-state index contributed by atoms with van der Waals surface area (Å²) in [5.41, 5.74) is 2.66. The van der Waals surface area contributed by atoms with Gasteiger partial charge in [0.1, 0.15) is 0 Å². The molecular formula is C26H40O2. The Balaban J connectivity index is 2.09. The third-order valence-corrected chi connectivity index (χ3v) is 5.69. The van der Waals surface area contributed by atoms with Gasteiger partial charge in [-0.1, -0.05) is 63.3 Å². The summed E-state index contributed by atoms with van der Waals surface area (Å²) in [5.74, 6) is 0.133. The van der Waals surface area contributed by atoms with Crippen LogP contribution in [0, 0.1) is 0 Å². The van der Waals surface area contributed by atoms with E-state index in [4.69, 9.17) is 0 Å². The van der Waals surface area contributed by atoms with Gasteiger partial charge in [0.2, 0.25) is 0 Å². The average Bonchev–Trinajstić information content (AvgIpc) is 2.70. The number of Topliss-reactive ketones (excluding diaryl/α,β-unsaturated/α-hetero) is 2. The molecule has 0 spiro atoms. The smallest absolute Gasteiger partial charge is 0.185 e. The van der Waals surface area contributed by atoms with E-state index in [0.717, 1.165) is 37.7 Å². The minimum atomic E-state index is 0.0506. The number of carbonyl (C=O) groups is 2. The van der Waals surface area contributed by atoms with Crippen LogP contribution < -0.4 is 0 Å². The largest absolute Gasteiger partial charge is 0.289 e. The van der Waals surface area contributed by atoms with Crippen LogP contribution >= 0.6 is 0 Å². The van der Waals surface area contributed by atoms with E-state index in [1.54, 1.807) is 20.8 Å². The van der Waals surface area contributed by atoms with Gasteiger partial charge in [0.05, 0.1) is 0 Å². The van der Waals surface area contributed by atoms with Gasteiger partial charge in [0.25, 0.3) is 0 Å². The quantitative estimate of drug-likeness (QED) is 0.175. The number of hydrogen-bond donors (Lipinski definition) is 0. The van der Waals surface area contributed by atoms with Crippen LogP contribution in [-0.2, 0) is 9.59 Å². The summed E-state index contributed by atoms with van der Waals surface area (Å²) >= 11 is 0. The first-order valence-corrected chi connectivity index (χ1v) is 11.3. The lowest BCUT2D eigenvalue weighted by Crippen LogP contribution is -2.20. The van der Waals surface area contributed by atoms with Crippen LogP contribution in [0.2, 0.25) is 0 Å². The summed E-state index contributed by atoms with van der Waals surface area (Å²) < 4.78 is 0. The van der Waals surface area contributed by atoms with Crippen molar-refractivity contribution in [3.8, 4) is 0 Å². The lowest BCUT2D eigenvalue weighted by molar-refractivity contribution is -0.116. The van der Waals surface area contributed by atoms with Gasteiger partial charge in [-0.15, -0.1) is 0 Å². The molecule has 2 heteroatoms. The standard InChI is InChI=1S/C26H40O2/c1-5-6-7-8-9-10-11-12-13-14-15-16-17-18-19-20-24-23(4)25(27)21(2)22(3)26(24)28/h9-10,12-13H,5-8,11,14-20H2,1-4H3/b10-9+,13-12+. The molecule has 2 nitrogen and oxygen atoms in total. The van der Waals surface area contributed by atoms with E-state index in [9.17, 15) is 9.59 Å². The summed E-state index contributed by atoms with van der Waals surface area (Å²) in [6, 6.07) is 0. The van der Waals surface area contributed by atoms with E-state index in [2.05, 4.69) is 31.2 Å². The zero-order chi connectivity index (χ0) is 20.8. The summed E-state index contributed by atoms with van der Waals surface area (Å²) in [4.78, 5) is 24.6. The van der Waals surface area contributed by atoms with Crippen molar-refractivity contribution in [2.45, 2.75) is 105 Å². The van der Waals surface area contributed by atoms with E-state index in [1.807, 2.05) is 0 Å². The van der Waals surface area contributed by atoms with Gasteiger partial charge in [-0.05, 0) is 65.7 Å². The predicted octanol–water partition coefficient (Wildman–Crippen LogP) is 7.60. The highest BCUT2D eigenvalue weighted by Crippen LogP contribution is 2.27. The van der Waals surface area contributed by atoms with E-state index in [-0.39, 0.29) is 11.6 Å². The summed E-state index contributed by atoms with van der Waals surface area (Å²) in [6.07, 6.45) is 23.1. The van der Waals surface area contributed by atoms with Crippen LogP contribution in [0.5, 0.6) is 0 Å². The van der Waals surface area contributed by atoms with Gasteiger partial charge in [-0.25, -0.2) is 0 Å². The van der Waals surface area contributed by atoms with Crippen molar-refractivity contribution in [2.24, 2.45) is 0 Å². The lowest BCUT2D eigenvalue weighted by atomic mass is 9.84. The van der Waals surface area contributed by atoms with E-state index >= 15 is 0 Å². The minimum Gasteiger partial charge on any atom is -0.289 e. The summed E-state index contributed by atoms with van der Waals surface area (Å²) in [5, 5.41) is 0. The fourth-order valence-electron chi connectivity index (χ4n) is 3.57. The topological polar surface area (TPSA) is 34.1 Å². The van der Waals surface area contributed by atoms with Gasteiger partial charge in [-0.3, -0.25) is 9.59 Å². The monoisotopic (exact) mass is 384 g/mol. The Bertz CT molecular complexity index is 629. The summed E-state index contributed by atoms with van der Waals surface area (Å²) in [7, 11) is 0. The van der Waals surface area contributed by atoms with Crippen molar-refractivity contribution in [3.05, 3.63) is 46.6 Å². The zero-order valence-electron chi connectivity index (χ0n) is 18.6. The molecule has 1 aliphatic carbocycles. The van der Waals surface area contributed by atoms with Crippen LogP contribution in [-0.4, -0.2) is 11.6 Å². The van der Waals surface area contributed by atoms with E-state index in [1.165, 1.54) is 44.9 Å². The Morgan fingerprint density at radius 1 is 0.607 bits per heavy atom. The van der Waals surface area contributed by atoms with Crippen molar-refractivity contribution in [1.82, 2.24) is 0 Å². The number of carbonyl (C=O) groups excluding carboxylic acids is 2. The van der Waals surface area contributed by atoms with Crippen LogP contribution in [0.1, 0.15) is 105 Å². The molecule has 0 N–H and O–H groups in total. The van der Waals surface area contributed by atoms with Crippen LogP contribution in [0.3, 0.4) is 0 Å². The molecule has 0 saturated heterocycles. The maximum Gasteiger partial charge on any atom is 0.185 e. The third kappa shape index (κ3) is 8.54. The molecule has 0 amide bonds. The Hall–Kier alpha value is -1.70. The lowest BCUT2D eigenvalue weighted by Gasteiger charge is -2.18. The minimum absolute atomic E-state index is 0.0506. The Morgan fingerprint density at radius 3 is 1.79 bits per heavy atom. The SMILES string of the molecule is CCCCC/C=C/C/C=C/CCCCCCCC1=C(C)C(=O)C(C)=C(C)C1=O. The second-order valence-electron chi connectivity index (χ2n) is 7.99. The van der Waals surface area contributed by atoms with Gasteiger partial charge < -0.3 is 0 Å². The van der Waals surface area contributed by atoms with Crippen molar-refractivity contribution < 1.29 is 9.59 Å². The predicted molar refractivity (Wildman–Crippen MR) is 120 cm³/mol. The molecular weight excluding hydrogens is 344 g/mol. The Labute approximate surface area is 172 Å². The molecule has 0 bridgehead atoms. The Morgan fingerprint density at radius 2 is 1.14 bits per heavy atom. The van der Waals surface area contributed by atoms with Crippen molar-refractivity contribution in [1.29, 1.82) is 0 Å². The van der Waals surface area contributed by atoms with Crippen LogP contribution in [0.25, 0.3) is 0 Å². The maximum absolute atomic E-state index is 12.4. The maximum atomic E-state index is 12.4. The molecule has 0 aromatic carbocycles. The highest BCUT2D eigenvalue weighted by Gasteiger charge is 2.26. The molecule has 1 rings (SSSR count). The van der Waals surface area contributed by atoms with Crippen molar-refractivity contribution in [3.63, 3.8) is 0 Å². The second kappa shape index (κ2) is 14.3. The molecule has 156 valence electrons. The van der Waals surface area contributed by atoms with Gasteiger partial charge in [0, 0.05) is 22.3 Å². The third-order valence-electron chi connectivity index (χ3n) is 5.69. The summed E-state index contributed by atoms with van der Waals surface area (Å²) in [6.45, 7) is 7.58. The van der Waals surface area contributed by atoms with Crippen molar-refractivity contribution in [2.75, 3.05) is 0 Å². The molecule has 0 heterocycles. The second-order valence-corrected chi connectivity index (χ2v) is 7.99. The molecule has 28 heavy (non-hydrogen) atoms. The van der Waals surface area contributed by atoms with Crippen LogP contribution in [0.15, 0.2) is 46.6 Å². The molecule has 1 aliphatic rings.